The monoisotopic (exact) mass is 668 g/mol. The van der Waals surface area contributed by atoms with Gasteiger partial charge >= 0.3 is 0 Å². The zero-order valence-corrected chi connectivity index (χ0v) is 28.2. The molecule has 5 aromatic heterocycles. The van der Waals surface area contributed by atoms with Gasteiger partial charge in [0.2, 0.25) is 0 Å². The summed E-state index contributed by atoms with van der Waals surface area (Å²) < 4.78 is 5.84. The fourth-order valence-corrected chi connectivity index (χ4v) is 8.89. The number of thiophene rings is 1. The largest absolute Gasteiger partial charge is 0.309 e. The summed E-state index contributed by atoms with van der Waals surface area (Å²) in [5.74, 6) is 0. The molecular formula is C46H28N4S. The second-order valence-corrected chi connectivity index (χ2v) is 14.1. The molecule has 5 heteroatoms. The fourth-order valence-electron chi connectivity index (χ4n) is 7.86. The Morgan fingerprint density at radius 1 is 0.373 bits per heavy atom. The van der Waals surface area contributed by atoms with E-state index in [4.69, 9.17) is 9.97 Å². The number of benzene rings is 6. The Kier molecular flexibility index (Phi) is 6.09. The van der Waals surface area contributed by atoms with Gasteiger partial charge in [0.1, 0.15) is 4.83 Å². The average molecular weight is 669 g/mol. The first-order chi connectivity index (χ1) is 25.3. The molecule has 0 spiro atoms. The molecule has 11 rings (SSSR count). The van der Waals surface area contributed by atoms with E-state index in [2.05, 4.69) is 167 Å². The van der Waals surface area contributed by atoms with Crippen LogP contribution >= 0.6 is 11.3 Å². The van der Waals surface area contributed by atoms with E-state index in [1.807, 2.05) is 12.4 Å². The van der Waals surface area contributed by atoms with Crippen molar-refractivity contribution in [1.82, 2.24) is 19.1 Å². The maximum Gasteiger partial charge on any atom is 0.126 e. The molecule has 0 aliphatic carbocycles. The van der Waals surface area contributed by atoms with Gasteiger partial charge in [-0.1, -0.05) is 84.9 Å². The number of rotatable bonds is 4. The van der Waals surface area contributed by atoms with Gasteiger partial charge < -0.3 is 9.13 Å². The van der Waals surface area contributed by atoms with Crippen LogP contribution in [-0.4, -0.2) is 19.1 Å². The van der Waals surface area contributed by atoms with E-state index in [0.717, 1.165) is 54.1 Å². The number of para-hydroxylation sites is 4. The zero-order chi connectivity index (χ0) is 33.5. The van der Waals surface area contributed by atoms with Crippen LogP contribution in [0.1, 0.15) is 0 Å². The maximum atomic E-state index is 5.07. The predicted octanol–water partition coefficient (Wildman–Crippen LogP) is 12.4. The van der Waals surface area contributed by atoms with Crippen molar-refractivity contribution in [3.05, 3.63) is 170 Å². The predicted molar refractivity (Wildman–Crippen MR) is 214 cm³/mol. The van der Waals surface area contributed by atoms with Crippen LogP contribution < -0.4 is 0 Å². The SMILES string of the molecule is c1ccc(-n2c3ccccc3c3cc(-c4cnc5c(c4)sc4ncc(-c6ccc7c(c6)c6ccccc6n7-c6ccccc6)cc45)ccc32)cc1. The molecule has 0 fully saturated rings. The van der Waals surface area contributed by atoms with Gasteiger partial charge in [-0.15, -0.1) is 11.3 Å². The summed E-state index contributed by atoms with van der Waals surface area (Å²) in [5, 5.41) is 6.04. The second-order valence-electron chi connectivity index (χ2n) is 13.1. The lowest BCUT2D eigenvalue weighted by molar-refractivity contribution is 1.18. The quantitative estimate of drug-likeness (QED) is 0.187. The summed E-state index contributed by atoms with van der Waals surface area (Å²) in [6.45, 7) is 0. The van der Waals surface area contributed by atoms with E-state index in [9.17, 15) is 0 Å². The van der Waals surface area contributed by atoms with Crippen LogP contribution in [0.2, 0.25) is 0 Å². The van der Waals surface area contributed by atoms with Gasteiger partial charge in [-0.25, -0.2) is 4.98 Å². The molecular weight excluding hydrogens is 641 g/mol. The first-order valence-electron chi connectivity index (χ1n) is 17.1. The highest BCUT2D eigenvalue weighted by Crippen LogP contribution is 2.40. The molecule has 238 valence electrons. The normalized spacial score (nSPS) is 11.9. The number of hydrogen-bond acceptors (Lipinski definition) is 3. The minimum absolute atomic E-state index is 0.997. The van der Waals surface area contributed by atoms with Gasteiger partial charge in [0, 0.05) is 61.8 Å². The Morgan fingerprint density at radius 3 is 1.43 bits per heavy atom. The summed E-state index contributed by atoms with van der Waals surface area (Å²) in [6, 6.07) is 56.6. The van der Waals surface area contributed by atoms with E-state index < -0.39 is 0 Å². The number of hydrogen-bond donors (Lipinski definition) is 0. The Balaban J connectivity index is 1.01. The molecule has 0 radical (unpaired) electrons. The third-order valence-electron chi connectivity index (χ3n) is 10.2. The molecule has 0 N–H and O–H groups in total. The van der Waals surface area contributed by atoms with E-state index in [-0.39, 0.29) is 0 Å². The van der Waals surface area contributed by atoms with Gasteiger partial charge in [0.25, 0.3) is 0 Å². The van der Waals surface area contributed by atoms with Crippen molar-refractivity contribution >= 4 is 75.4 Å². The van der Waals surface area contributed by atoms with Crippen molar-refractivity contribution in [2.75, 3.05) is 0 Å². The molecule has 0 aliphatic heterocycles. The summed E-state index contributed by atoms with van der Waals surface area (Å²) in [6.07, 6.45) is 4.02. The first kappa shape index (κ1) is 28.3. The van der Waals surface area contributed by atoms with Crippen molar-refractivity contribution < 1.29 is 0 Å². The van der Waals surface area contributed by atoms with Crippen LogP contribution in [0.15, 0.2) is 170 Å². The summed E-state index contributed by atoms with van der Waals surface area (Å²) in [4.78, 5) is 11.0. The first-order valence-corrected chi connectivity index (χ1v) is 18.0. The molecule has 51 heavy (non-hydrogen) atoms. The molecule has 0 amide bonds. The smallest absolute Gasteiger partial charge is 0.126 e. The van der Waals surface area contributed by atoms with Crippen molar-refractivity contribution in [3.8, 4) is 33.6 Å². The van der Waals surface area contributed by atoms with E-state index >= 15 is 0 Å². The fraction of sp³-hybridized carbons (Fsp3) is 0. The van der Waals surface area contributed by atoms with Crippen LogP contribution in [0.25, 0.3) is 97.7 Å². The van der Waals surface area contributed by atoms with E-state index in [0.29, 0.717) is 0 Å². The average Bonchev–Trinajstić information content (AvgIpc) is 3.85. The topological polar surface area (TPSA) is 35.6 Å². The van der Waals surface area contributed by atoms with Gasteiger partial charge in [-0.3, -0.25) is 4.98 Å². The Labute approximate surface area is 297 Å². The second kappa shape index (κ2) is 11.0. The summed E-state index contributed by atoms with van der Waals surface area (Å²) in [7, 11) is 0. The highest BCUT2D eigenvalue weighted by molar-refractivity contribution is 7.25. The lowest BCUT2D eigenvalue weighted by Gasteiger charge is -2.08. The number of fused-ring (bicyclic) bond motifs is 9. The van der Waals surface area contributed by atoms with Crippen molar-refractivity contribution in [3.63, 3.8) is 0 Å². The molecule has 5 heterocycles. The van der Waals surface area contributed by atoms with Gasteiger partial charge in [0.15, 0.2) is 0 Å². The minimum Gasteiger partial charge on any atom is -0.309 e. The highest BCUT2D eigenvalue weighted by Gasteiger charge is 2.17. The molecule has 0 saturated carbocycles. The molecule has 0 aliphatic rings. The standard InChI is InChI=1S/C46H28N4S/c1-3-11-33(12-4-1)49-40-17-9-7-15-35(40)37-23-29(19-21-42(37)49)31-25-39-45-44(51-46(39)48-28-31)26-32(27-47-45)30-20-22-43-38(24-30)36-16-8-10-18-41(36)50(43)34-13-5-2-6-14-34/h1-28H. The molecule has 0 saturated heterocycles. The molecule has 11 aromatic rings. The molecule has 0 atom stereocenters. The number of aromatic nitrogens is 4. The number of pyridine rings is 2. The van der Waals surface area contributed by atoms with Crippen LogP contribution in [0.4, 0.5) is 0 Å². The van der Waals surface area contributed by atoms with Gasteiger partial charge in [0.05, 0.1) is 32.3 Å². The van der Waals surface area contributed by atoms with Crippen molar-refractivity contribution in [2.45, 2.75) is 0 Å². The maximum absolute atomic E-state index is 5.07. The van der Waals surface area contributed by atoms with Crippen molar-refractivity contribution in [2.24, 2.45) is 0 Å². The highest BCUT2D eigenvalue weighted by atomic mass is 32.1. The van der Waals surface area contributed by atoms with E-state index in [1.54, 1.807) is 11.3 Å². The van der Waals surface area contributed by atoms with Crippen LogP contribution in [0.5, 0.6) is 0 Å². The van der Waals surface area contributed by atoms with Crippen molar-refractivity contribution in [1.29, 1.82) is 0 Å². The van der Waals surface area contributed by atoms with Crippen LogP contribution in [0, 0.1) is 0 Å². The van der Waals surface area contributed by atoms with Gasteiger partial charge in [-0.05, 0) is 83.9 Å². The molecule has 0 unspecified atom stereocenters. The van der Waals surface area contributed by atoms with Gasteiger partial charge in [-0.2, -0.15) is 0 Å². The Bertz CT molecular complexity index is 3130. The summed E-state index contributed by atoms with van der Waals surface area (Å²) in [5.41, 5.74) is 12.6. The molecule has 4 nitrogen and oxygen atoms in total. The Hall–Kier alpha value is -6.56. The minimum atomic E-state index is 0.997. The zero-order valence-electron chi connectivity index (χ0n) is 27.4. The summed E-state index contributed by atoms with van der Waals surface area (Å²) >= 11 is 1.71. The lowest BCUT2D eigenvalue weighted by Crippen LogP contribution is -1.92. The number of nitrogens with zero attached hydrogens (tertiary/aromatic N) is 4. The third kappa shape index (κ3) is 4.32. The van der Waals surface area contributed by atoms with Crippen LogP contribution in [0.3, 0.4) is 0 Å². The lowest BCUT2D eigenvalue weighted by atomic mass is 10.0. The Morgan fingerprint density at radius 2 is 0.843 bits per heavy atom. The van der Waals surface area contributed by atoms with E-state index in [1.165, 1.54) is 43.6 Å². The molecule has 6 aromatic carbocycles. The van der Waals surface area contributed by atoms with Crippen LogP contribution in [-0.2, 0) is 0 Å². The molecule has 0 bridgehead atoms. The third-order valence-corrected chi connectivity index (χ3v) is 11.3.